The Kier molecular flexibility index (Phi) is 8.81. The number of benzene rings is 11. The topological polar surface area (TPSA) is 93.6 Å². The first kappa shape index (κ1) is 44.3. The van der Waals surface area contributed by atoms with Crippen molar-refractivity contribution in [3.8, 4) is 34.9 Å². The summed E-state index contributed by atoms with van der Waals surface area (Å²) in [5.74, 6) is 0. The van der Waals surface area contributed by atoms with E-state index in [9.17, 15) is 10.5 Å². The van der Waals surface area contributed by atoms with Gasteiger partial charge in [0, 0.05) is 53.9 Å². The normalized spacial score (nSPS) is 12.2. The Morgan fingerprint density at radius 2 is 0.588 bits per heavy atom. The third kappa shape index (κ3) is 5.71. The summed E-state index contributed by atoms with van der Waals surface area (Å²) in [6.07, 6.45) is 0. The Hall–Kier alpha value is -10.8. The molecule has 0 radical (unpaired) electrons. The molecular formula is C72H44N6O2. The average Bonchev–Trinajstić information content (AvgIpc) is 4.49. The molecule has 0 spiro atoms. The minimum atomic E-state index is 0.228. The van der Waals surface area contributed by atoms with E-state index >= 15 is 0 Å². The van der Waals surface area contributed by atoms with E-state index in [1.807, 2.05) is 36.4 Å². The molecule has 0 aliphatic carbocycles. The molecule has 0 bridgehead atoms. The lowest BCUT2D eigenvalue weighted by Gasteiger charge is -2.27. The van der Waals surface area contributed by atoms with Crippen LogP contribution in [-0.4, -0.2) is 18.3 Å². The lowest BCUT2D eigenvalue weighted by atomic mass is 9.98. The summed E-state index contributed by atoms with van der Waals surface area (Å²) in [7, 11) is 0. The molecular weight excluding hydrogens is 981 g/mol. The van der Waals surface area contributed by atoms with Crippen molar-refractivity contribution < 1.29 is 8.83 Å². The summed E-state index contributed by atoms with van der Waals surface area (Å²) in [4.78, 5) is 0. The van der Waals surface area contributed by atoms with Crippen molar-refractivity contribution in [2.24, 2.45) is 0 Å². The maximum atomic E-state index is 12.5. The SMILES string of the molecule is Cc1ccc2c(c1)c1cc(C)ccc1n2-c1c(-n2c3ccc(C)cc3c3cc(C)ccc32)c(-n2c3ccccc3c3c4oc5ccccc5c4ccc32)c(C#N)c(C#N)c1-n1c2ccccc2c2c3oc4ccccc4c3ccc21. The molecule has 6 aromatic heterocycles. The third-order valence-electron chi connectivity index (χ3n) is 17.0. The fourth-order valence-electron chi connectivity index (χ4n) is 13.7. The van der Waals surface area contributed by atoms with Crippen molar-refractivity contribution >= 4 is 131 Å². The monoisotopic (exact) mass is 1020 g/mol. The van der Waals surface area contributed by atoms with Crippen LogP contribution in [-0.2, 0) is 0 Å². The number of aromatic nitrogens is 4. The summed E-state index contributed by atoms with van der Waals surface area (Å²) in [6.45, 7) is 8.57. The van der Waals surface area contributed by atoms with Gasteiger partial charge in [0.1, 0.15) is 34.5 Å². The van der Waals surface area contributed by atoms with Crippen LogP contribution in [0, 0.1) is 50.4 Å². The van der Waals surface area contributed by atoms with Crippen LogP contribution in [0.5, 0.6) is 0 Å². The van der Waals surface area contributed by atoms with Crippen LogP contribution in [0.2, 0.25) is 0 Å². The second kappa shape index (κ2) is 15.9. The van der Waals surface area contributed by atoms with Gasteiger partial charge in [-0.2, -0.15) is 10.5 Å². The zero-order chi connectivity index (χ0) is 53.4. The minimum Gasteiger partial charge on any atom is -0.455 e. The first-order chi connectivity index (χ1) is 39.3. The molecule has 0 aliphatic rings. The van der Waals surface area contributed by atoms with Gasteiger partial charge in [-0.05, 0) is 125 Å². The number of aryl methyl sites for hydroxylation is 4. The molecule has 17 rings (SSSR count). The van der Waals surface area contributed by atoms with E-state index < -0.39 is 0 Å². The van der Waals surface area contributed by atoms with Crippen molar-refractivity contribution in [3.05, 3.63) is 228 Å². The minimum absolute atomic E-state index is 0.228. The van der Waals surface area contributed by atoms with Gasteiger partial charge >= 0.3 is 0 Å². The molecule has 374 valence electrons. The maximum Gasteiger partial charge on any atom is 0.145 e. The second-order valence-electron chi connectivity index (χ2n) is 21.7. The Morgan fingerprint density at radius 3 is 0.950 bits per heavy atom. The van der Waals surface area contributed by atoms with Crippen molar-refractivity contribution in [1.29, 1.82) is 10.5 Å². The lowest BCUT2D eigenvalue weighted by Crippen LogP contribution is -2.17. The first-order valence-electron chi connectivity index (χ1n) is 27.0. The number of nitrogens with zero attached hydrogens (tertiary/aromatic N) is 6. The second-order valence-corrected chi connectivity index (χ2v) is 21.7. The molecule has 17 aromatic rings. The van der Waals surface area contributed by atoms with E-state index in [1.54, 1.807) is 0 Å². The van der Waals surface area contributed by atoms with E-state index in [0.717, 1.165) is 165 Å². The highest BCUT2D eigenvalue weighted by molar-refractivity contribution is 6.26. The molecule has 0 saturated carbocycles. The number of nitriles is 2. The van der Waals surface area contributed by atoms with Crippen molar-refractivity contribution in [2.75, 3.05) is 0 Å². The first-order valence-corrected chi connectivity index (χ1v) is 27.0. The number of hydrogen-bond donors (Lipinski definition) is 0. The van der Waals surface area contributed by atoms with Crippen LogP contribution in [0.1, 0.15) is 33.4 Å². The van der Waals surface area contributed by atoms with Gasteiger partial charge in [-0.15, -0.1) is 0 Å². The van der Waals surface area contributed by atoms with Crippen LogP contribution >= 0.6 is 0 Å². The predicted octanol–water partition coefficient (Wildman–Crippen LogP) is 18.9. The zero-order valence-electron chi connectivity index (χ0n) is 44.0. The number of fused-ring (bicyclic) bond motifs is 20. The van der Waals surface area contributed by atoms with Gasteiger partial charge in [-0.25, -0.2) is 0 Å². The molecule has 0 saturated heterocycles. The quantitative estimate of drug-likeness (QED) is 0.175. The average molecular weight is 1030 g/mol. The van der Waals surface area contributed by atoms with Crippen molar-refractivity contribution in [3.63, 3.8) is 0 Å². The number of rotatable bonds is 4. The van der Waals surface area contributed by atoms with Crippen LogP contribution < -0.4 is 0 Å². The van der Waals surface area contributed by atoms with Gasteiger partial charge < -0.3 is 27.1 Å². The Labute approximate surface area is 456 Å². The predicted molar refractivity (Wildman–Crippen MR) is 327 cm³/mol. The fourth-order valence-corrected chi connectivity index (χ4v) is 13.7. The summed E-state index contributed by atoms with van der Waals surface area (Å²) in [6, 6.07) is 74.1. The molecule has 0 unspecified atom stereocenters. The molecule has 0 amide bonds. The van der Waals surface area contributed by atoms with E-state index in [-0.39, 0.29) is 11.1 Å². The van der Waals surface area contributed by atoms with Gasteiger partial charge in [-0.1, -0.05) is 119 Å². The van der Waals surface area contributed by atoms with E-state index in [2.05, 4.69) is 216 Å². The van der Waals surface area contributed by atoms with Gasteiger partial charge in [0.05, 0.1) is 88.8 Å². The number of furan rings is 2. The summed E-state index contributed by atoms with van der Waals surface area (Å²) < 4.78 is 23.1. The fraction of sp³-hybridized carbons (Fsp3) is 0.0556. The number of hydrogen-bond acceptors (Lipinski definition) is 4. The number of para-hydroxylation sites is 4. The summed E-state index contributed by atoms with van der Waals surface area (Å²) in [5, 5.41) is 37.1. The molecule has 0 fully saturated rings. The molecule has 0 aliphatic heterocycles. The highest BCUT2D eigenvalue weighted by Crippen LogP contribution is 2.51. The Balaban J connectivity index is 1.19. The molecule has 6 heterocycles. The molecule has 8 nitrogen and oxygen atoms in total. The lowest BCUT2D eigenvalue weighted by molar-refractivity contribution is 0.672. The standard InChI is InChI=1S/C72H44N6O2/c1-39-21-27-57-49(33-39)50-34-40(2)22-28-58(50)75(57)69-67(77-55-17-9-5-15-47(55)65-61(77)31-25-45-43-13-7-11-19-63(43)79-71(45)65)53(37-73)54(38-74)68(70(69)76-59-29-23-41(3)35-51(59)52-36-42(4)24-30-60(52)76)78-56-18-10-6-16-48(56)66-62(78)32-26-46-44-14-8-12-20-64(44)80-72(46)66/h5-36H,1-4H3. The van der Waals surface area contributed by atoms with E-state index in [0.29, 0.717) is 11.4 Å². The van der Waals surface area contributed by atoms with Gasteiger partial charge in [-0.3, -0.25) is 0 Å². The molecule has 0 N–H and O–H groups in total. The third-order valence-corrected chi connectivity index (χ3v) is 17.0. The van der Waals surface area contributed by atoms with Crippen LogP contribution in [0.3, 0.4) is 0 Å². The van der Waals surface area contributed by atoms with Gasteiger partial charge in [0.25, 0.3) is 0 Å². The summed E-state index contributed by atoms with van der Waals surface area (Å²) in [5.41, 5.74) is 17.9. The summed E-state index contributed by atoms with van der Waals surface area (Å²) >= 11 is 0. The van der Waals surface area contributed by atoms with Crippen LogP contribution in [0.4, 0.5) is 0 Å². The largest absolute Gasteiger partial charge is 0.455 e. The highest BCUT2D eigenvalue weighted by atomic mass is 16.3. The molecule has 80 heavy (non-hydrogen) atoms. The van der Waals surface area contributed by atoms with E-state index in [1.165, 1.54) is 0 Å². The smallest absolute Gasteiger partial charge is 0.145 e. The van der Waals surface area contributed by atoms with Crippen LogP contribution in [0.25, 0.3) is 154 Å². The maximum absolute atomic E-state index is 12.5. The zero-order valence-corrected chi connectivity index (χ0v) is 44.0. The molecule has 8 heteroatoms. The molecule has 0 atom stereocenters. The van der Waals surface area contributed by atoms with Gasteiger partial charge in [0.2, 0.25) is 0 Å². The van der Waals surface area contributed by atoms with E-state index in [4.69, 9.17) is 8.83 Å². The molecule has 11 aromatic carbocycles. The highest BCUT2D eigenvalue weighted by Gasteiger charge is 2.36. The Morgan fingerprint density at radius 1 is 0.287 bits per heavy atom. The van der Waals surface area contributed by atoms with Crippen molar-refractivity contribution in [2.45, 2.75) is 27.7 Å². The Bertz CT molecular complexity index is 5280. The van der Waals surface area contributed by atoms with Crippen molar-refractivity contribution in [1.82, 2.24) is 18.3 Å². The van der Waals surface area contributed by atoms with Crippen LogP contribution in [0.15, 0.2) is 203 Å². The van der Waals surface area contributed by atoms with Gasteiger partial charge in [0.15, 0.2) is 0 Å².